The molecule has 0 bridgehead atoms. The highest BCUT2D eigenvalue weighted by molar-refractivity contribution is 14.1. The Morgan fingerprint density at radius 1 is 1.56 bits per heavy atom. The molecule has 0 aliphatic carbocycles. The Hall–Kier alpha value is -0.530. The van der Waals surface area contributed by atoms with Gasteiger partial charge in [0.25, 0.3) is 15.5 Å². The Morgan fingerprint density at radius 2 is 2.12 bits per heavy atom. The van der Waals surface area contributed by atoms with Gasteiger partial charge >= 0.3 is 0 Å². The number of halogens is 4. The van der Waals surface area contributed by atoms with Crippen LogP contribution in [-0.2, 0) is 9.05 Å². The minimum absolute atomic E-state index is 0.00761. The molecule has 0 fully saturated rings. The molecule has 0 atom stereocenters. The molecule has 0 aliphatic rings. The van der Waals surface area contributed by atoms with E-state index < -0.39 is 26.2 Å². The van der Waals surface area contributed by atoms with Crippen LogP contribution in [0.15, 0.2) is 11.1 Å². The van der Waals surface area contributed by atoms with Crippen LogP contribution in [0.3, 0.4) is 0 Å². The highest BCUT2D eigenvalue weighted by Crippen LogP contribution is 2.27. The van der Waals surface area contributed by atoms with Crippen LogP contribution in [0, 0.1) is 14.9 Å². The van der Waals surface area contributed by atoms with Gasteiger partial charge in [0, 0.05) is 14.3 Å². The minimum atomic E-state index is -4.32. The lowest BCUT2D eigenvalue weighted by molar-refractivity contribution is 0.144. The van der Waals surface area contributed by atoms with Crippen LogP contribution in [0.25, 0.3) is 0 Å². The molecule has 0 radical (unpaired) electrons. The maximum absolute atomic E-state index is 12.4. The van der Waals surface area contributed by atoms with Gasteiger partial charge in [-0.05, 0) is 28.7 Å². The van der Waals surface area contributed by atoms with Gasteiger partial charge in [0.2, 0.25) is 0 Å². The van der Waals surface area contributed by atoms with Gasteiger partial charge in [-0.1, -0.05) is 0 Å². The molecule has 9 heteroatoms. The standard InChI is InChI=1S/C7H2ClF2IN2O2S/c8-16(14,15)7-3(2-12)1-4(11)5(13-7)6(9)10/h1,6H. The van der Waals surface area contributed by atoms with Gasteiger partial charge in [0.1, 0.15) is 11.8 Å². The van der Waals surface area contributed by atoms with Gasteiger partial charge in [0.05, 0.1) is 5.56 Å². The number of pyridine rings is 1. The Bertz CT molecular complexity index is 570. The van der Waals surface area contributed by atoms with Crippen LogP contribution in [0.5, 0.6) is 0 Å². The average molecular weight is 379 g/mol. The van der Waals surface area contributed by atoms with Crippen molar-refractivity contribution in [2.24, 2.45) is 0 Å². The van der Waals surface area contributed by atoms with E-state index >= 15 is 0 Å². The van der Waals surface area contributed by atoms with E-state index in [1.165, 1.54) is 28.7 Å². The third-order valence-corrected chi connectivity index (χ3v) is 3.60. The predicted molar refractivity (Wildman–Crippen MR) is 59.7 cm³/mol. The van der Waals surface area contributed by atoms with Gasteiger partial charge in [-0.2, -0.15) is 5.26 Å². The van der Waals surface area contributed by atoms with Crippen LogP contribution in [-0.4, -0.2) is 13.4 Å². The normalized spacial score (nSPS) is 11.5. The summed E-state index contributed by atoms with van der Waals surface area (Å²) < 4.78 is 46.9. The molecular weight excluding hydrogens is 377 g/mol. The van der Waals surface area contributed by atoms with E-state index in [4.69, 9.17) is 15.9 Å². The molecule has 0 aliphatic heterocycles. The number of nitrogens with zero attached hydrogens (tertiary/aromatic N) is 2. The molecule has 0 saturated heterocycles. The van der Waals surface area contributed by atoms with Crippen molar-refractivity contribution < 1.29 is 17.2 Å². The van der Waals surface area contributed by atoms with Crippen molar-refractivity contribution in [2.45, 2.75) is 11.5 Å². The van der Waals surface area contributed by atoms with Crippen molar-refractivity contribution >= 4 is 42.3 Å². The van der Waals surface area contributed by atoms with Crippen LogP contribution in [0.1, 0.15) is 17.7 Å². The zero-order valence-corrected chi connectivity index (χ0v) is 11.0. The molecule has 1 heterocycles. The van der Waals surface area contributed by atoms with Crippen molar-refractivity contribution in [3.63, 3.8) is 0 Å². The molecule has 4 nitrogen and oxygen atoms in total. The monoisotopic (exact) mass is 378 g/mol. The smallest absolute Gasteiger partial charge is 0.232 e. The third-order valence-electron chi connectivity index (χ3n) is 1.53. The maximum atomic E-state index is 12.4. The topological polar surface area (TPSA) is 70.8 Å². The Morgan fingerprint density at radius 3 is 2.50 bits per heavy atom. The molecule has 0 spiro atoms. The van der Waals surface area contributed by atoms with Crippen molar-refractivity contribution in [1.29, 1.82) is 5.26 Å². The first kappa shape index (κ1) is 13.5. The maximum Gasteiger partial charge on any atom is 0.281 e. The summed E-state index contributed by atoms with van der Waals surface area (Å²) in [7, 11) is 0.666. The van der Waals surface area contributed by atoms with Crippen molar-refractivity contribution in [1.82, 2.24) is 4.98 Å². The molecule has 0 saturated carbocycles. The van der Waals surface area contributed by atoms with E-state index in [1.54, 1.807) is 0 Å². The molecule has 16 heavy (non-hydrogen) atoms. The molecular formula is C7H2ClF2IN2O2S. The zero-order valence-electron chi connectivity index (χ0n) is 7.29. The Balaban J connectivity index is 3.62. The minimum Gasteiger partial charge on any atom is -0.232 e. The van der Waals surface area contributed by atoms with Gasteiger partial charge < -0.3 is 0 Å². The lowest BCUT2D eigenvalue weighted by Crippen LogP contribution is -2.05. The van der Waals surface area contributed by atoms with Crippen molar-refractivity contribution in [2.75, 3.05) is 0 Å². The van der Waals surface area contributed by atoms with E-state index in [0.717, 1.165) is 6.07 Å². The van der Waals surface area contributed by atoms with Crippen molar-refractivity contribution in [3.8, 4) is 6.07 Å². The fraction of sp³-hybridized carbons (Fsp3) is 0.143. The lowest BCUT2D eigenvalue weighted by atomic mass is 10.3. The predicted octanol–water partition coefficient (Wildman–Crippen LogP) is 2.42. The number of rotatable bonds is 2. The number of aromatic nitrogens is 1. The van der Waals surface area contributed by atoms with Gasteiger partial charge in [-0.15, -0.1) is 0 Å². The van der Waals surface area contributed by atoms with E-state index in [9.17, 15) is 17.2 Å². The Labute approximate surface area is 108 Å². The fourth-order valence-electron chi connectivity index (χ4n) is 0.904. The second kappa shape index (κ2) is 4.77. The molecule has 0 amide bonds. The number of nitriles is 1. The molecule has 1 aromatic heterocycles. The fourth-order valence-corrected chi connectivity index (χ4v) is 2.50. The summed E-state index contributed by atoms with van der Waals surface area (Å²) in [5.74, 6) is 0. The molecule has 1 rings (SSSR count). The van der Waals surface area contributed by atoms with E-state index in [-0.39, 0.29) is 9.13 Å². The van der Waals surface area contributed by atoms with Crippen LogP contribution >= 0.6 is 33.3 Å². The van der Waals surface area contributed by atoms with Crippen molar-refractivity contribution in [3.05, 3.63) is 20.9 Å². The summed E-state index contributed by atoms with van der Waals surface area (Å²) in [6.07, 6.45) is -2.93. The van der Waals surface area contributed by atoms with Crippen LogP contribution in [0.2, 0.25) is 0 Å². The van der Waals surface area contributed by atoms with Gasteiger partial charge in [-0.25, -0.2) is 22.2 Å². The lowest BCUT2D eigenvalue weighted by Gasteiger charge is -2.05. The van der Waals surface area contributed by atoms with Crippen LogP contribution in [0.4, 0.5) is 8.78 Å². The van der Waals surface area contributed by atoms with Gasteiger partial charge in [0.15, 0.2) is 5.03 Å². The second-order valence-electron chi connectivity index (χ2n) is 2.56. The SMILES string of the molecule is N#Cc1cc(I)c(C(F)F)nc1S(=O)(=O)Cl. The molecule has 1 aromatic rings. The van der Waals surface area contributed by atoms with Crippen LogP contribution < -0.4 is 0 Å². The van der Waals surface area contributed by atoms with E-state index in [0.29, 0.717) is 0 Å². The summed E-state index contributed by atoms with van der Waals surface area (Å²) in [5, 5.41) is 7.79. The quantitative estimate of drug-likeness (QED) is 0.585. The molecule has 0 aromatic carbocycles. The first-order chi connectivity index (χ1) is 7.27. The highest BCUT2D eigenvalue weighted by atomic mass is 127. The Kier molecular flexibility index (Phi) is 4.03. The summed E-state index contributed by atoms with van der Waals surface area (Å²) in [6.45, 7) is 0. The number of hydrogen-bond acceptors (Lipinski definition) is 4. The molecule has 86 valence electrons. The molecule has 0 unspecified atom stereocenters. The second-order valence-corrected chi connectivity index (χ2v) is 6.20. The first-order valence-electron chi connectivity index (χ1n) is 3.60. The van der Waals surface area contributed by atoms with E-state index in [2.05, 4.69) is 4.98 Å². The molecule has 0 N–H and O–H groups in total. The largest absolute Gasteiger partial charge is 0.281 e. The summed E-state index contributed by atoms with van der Waals surface area (Å²) in [4.78, 5) is 3.21. The number of alkyl halides is 2. The zero-order chi connectivity index (χ0) is 12.5. The van der Waals surface area contributed by atoms with Gasteiger partial charge in [-0.3, -0.25) is 0 Å². The average Bonchev–Trinajstić information content (AvgIpc) is 2.14. The number of hydrogen-bond donors (Lipinski definition) is 0. The summed E-state index contributed by atoms with van der Waals surface area (Å²) in [6, 6.07) is 2.54. The third kappa shape index (κ3) is 2.78. The summed E-state index contributed by atoms with van der Waals surface area (Å²) >= 11 is 1.54. The first-order valence-corrected chi connectivity index (χ1v) is 6.99. The highest BCUT2D eigenvalue weighted by Gasteiger charge is 2.23. The summed E-state index contributed by atoms with van der Waals surface area (Å²) in [5.41, 5.74) is -1.07. The van der Waals surface area contributed by atoms with E-state index in [1.807, 2.05) is 0 Å².